The Balaban J connectivity index is 1.55. The van der Waals surface area contributed by atoms with E-state index in [0.717, 1.165) is 13.0 Å². The summed E-state index contributed by atoms with van der Waals surface area (Å²) in [5.74, 6) is -6.18. The number of nitrogens with one attached hydrogen (secondary N) is 1. The van der Waals surface area contributed by atoms with Crippen molar-refractivity contribution in [1.29, 1.82) is 0 Å². The zero-order chi connectivity index (χ0) is 30.2. The molecule has 1 amide bonds. The first-order chi connectivity index (χ1) is 19.0. The Morgan fingerprint density at radius 1 is 1.10 bits per heavy atom. The van der Waals surface area contributed by atoms with Crippen molar-refractivity contribution in [3.05, 3.63) is 57.6 Å². The average Bonchev–Trinajstić information content (AvgIpc) is 2.87. The molecule has 1 heterocycles. The number of amides is 1. The predicted octanol–water partition coefficient (Wildman–Crippen LogP) is 1.81. The van der Waals surface area contributed by atoms with E-state index < -0.39 is 95.6 Å². The summed E-state index contributed by atoms with van der Waals surface area (Å²) < 4.78 is 50.0. The van der Waals surface area contributed by atoms with Crippen LogP contribution < -0.4 is 5.32 Å². The number of hydrogen-bond donors (Lipinski definition) is 5. The van der Waals surface area contributed by atoms with E-state index >= 15 is 0 Å². The Hall–Kier alpha value is -3.85. The zero-order valence-corrected chi connectivity index (χ0v) is 21.5. The van der Waals surface area contributed by atoms with Gasteiger partial charge in [-0.05, 0) is 26.0 Å². The first-order valence-corrected chi connectivity index (χ1v) is 12.5. The van der Waals surface area contributed by atoms with Gasteiger partial charge in [-0.15, -0.1) is 0 Å². The summed E-state index contributed by atoms with van der Waals surface area (Å²) in [7, 11) is 0. The molecular weight excluding hydrogens is 555 g/mol. The Labute approximate surface area is 229 Å². The minimum absolute atomic E-state index is 0.153. The van der Waals surface area contributed by atoms with E-state index in [4.69, 9.17) is 9.47 Å². The summed E-state index contributed by atoms with van der Waals surface area (Å²) in [6.45, 7) is 2.48. The monoisotopic (exact) mass is 579 g/mol. The topological polar surface area (TPSA) is 180 Å². The van der Waals surface area contributed by atoms with E-state index in [9.17, 15) is 52.8 Å². The Morgan fingerprint density at radius 2 is 1.78 bits per heavy atom. The number of hydrogen-bond acceptors (Lipinski definition) is 10. The van der Waals surface area contributed by atoms with Gasteiger partial charge in [-0.25, -0.2) is 0 Å². The maximum absolute atomic E-state index is 13.4. The van der Waals surface area contributed by atoms with Gasteiger partial charge in [-0.1, -0.05) is 12.1 Å². The van der Waals surface area contributed by atoms with E-state index in [2.05, 4.69) is 0 Å². The summed E-state index contributed by atoms with van der Waals surface area (Å²) in [5, 5.41) is 44.4. The summed E-state index contributed by atoms with van der Waals surface area (Å²) in [6.07, 6.45) is -11.7. The number of aliphatic hydroxyl groups excluding tert-OH is 1. The number of ether oxygens (including phenoxy) is 2. The summed E-state index contributed by atoms with van der Waals surface area (Å²) in [4.78, 5) is 51.3. The van der Waals surface area contributed by atoms with Crippen LogP contribution in [0.2, 0.25) is 0 Å². The molecule has 1 saturated heterocycles. The lowest BCUT2D eigenvalue weighted by Crippen LogP contribution is -2.57. The molecule has 0 bridgehead atoms. The molecule has 6 atom stereocenters. The van der Waals surface area contributed by atoms with Crippen molar-refractivity contribution >= 4 is 23.3 Å². The maximum Gasteiger partial charge on any atom is 0.471 e. The van der Waals surface area contributed by atoms with Gasteiger partial charge in [0.1, 0.15) is 23.2 Å². The molecule has 5 rings (SSSR count). The lowest BCUT2D eigenvalue weighted by molar-refractivity contribution is -0.248. The van der Waals surface area contributed by atoms with Gasteiger partial charge >= 0.3 is 12.1 Å². The number of alkyl halides is 3. The maximum atomic E-state index is 13.4. The second-order valence-corrected chi connectivity index (χ2v) is 10.5. The van der Waals surface area contributed by atoms with Crippen LogP contribution in [-0.4, -0.2) is 80.0 Å². The minimum atomic E-state index is -5.22. The molecule has 1 aliphatic heterocycles. The van der Waals surface area contributed by atoms with Gasteiger partial charge in [0.05, 0.1) is 29.4 Å². The molecule has 2 aliphatic carbocycles. The number of carbonyl (C=O) groups excluding carboxylic acids is 4. The van der Waals surface area contributed by atoms with Gasteiger partial charge in [-0.3, -0.25) is 19.2 Å². The van der Waals surface area contributed by atoms with Crippen LogP contribution in [0.4, 0.5) is 13.2 Å². The minimum Gasteiger partial charge on any atom is -0.507 e. The highest BCUT2D eigenvalue weighted by atomic mass is 19.4. The molecule has 0 saturated carbocycles. The quantitative estimate of drug-likeness (QED) is 0.307. The standard InChI is InChI=1S/C27H24F3NO10/c1-9-20(33)13(31-25(38)27(28,29)30)7-16(40-9)41-15-8-26(2,39)24(37)12-6-11-19(23(36)18(12)15)22(35)17-10(21(11)34)4-3-5-14(17)32/h3-6,9,13,15-16,20,32-33,36,39H,7-8H2,1-2H3,(H,31,38)/t9-,13-,15-,16-,20+,26-/m0/s1. The number of phenolic OH excluding ortho intramolecular Hbond substituents is 2. The number of ketones is 3. The second kappa shape index (κ2) is 9.62. The third-order valence-corrected chi connectivity index (χ3v) is 7.56. The smallest absolute Gasteiger partial charge is 0.471 e. The number of carbonyl (C=O) groups is 4. The van der Waals surface area contributed by atoms with E-state index in [1.807, 2.05) is 0 Å². The van der Waals surface area contributed by atoms with Gasteiger partial charge in [0.15, 0.2) is 17.9 Å². The largest absolute Gasteiger partial charge is 0.507 e. The van der Waals surface area contributed by atoms with Crippen LogP contribution in [0, 0.1) is 0 Å². The van der Waals surface area contributed by atoms with Gasteiger partial charge in [-0.2, -0.15) is 13.2 Å². The number of benzene rings is 2. The van der Waals surface area contributed by atoms with E-state index in [0.29, 0.717) is 0 Å². The highest BCUT2D eigenvalue weighted by Gasteiger charge is 2.49. The predicted molar refractivity (Wildman–Crippen MR) is 129 cm³/mol. The van der Waals surface area contributed by atoms with Crippen molar-refractivity contribution < 1.29 is 62.2 Å². The van der Waals surface area contributed by atoms with Crippen LogP contribution in [0.15, 0.2) is 24.3 Å². The third-order valence-electron chi connectivity index (χ3n) is 7.56. The van der Waals surface area contributed by atoms with Crippen molar-refractivity contribution in [3.63, 3.8) is 0 Å². The number of Topliss-reactive ketones (excluding diaryl/α,β-unsaturated/α-hetero) is 1. The van der Waals surface area contributed by atoms with Crippen molar-refractivity contribution in [3.8, 4) is 11.5 Å². The van der Waals surface area contributed by atoms with Gasteiger partial charge in [0.2, 0.25) is 5.78 Å². The number of phenols is 2. The van der Waals surface area contributed by atoms with E-state index in [-0.39, 0.29) is 27.8 Å². The molecule has 5 N–H and O–H groups in total. The fourth-order valence-electron chi connectivity index (χ4n) is 5.52. The lowest BCUT2D eigenvalue weighted by atomic mass is 9.73. The van der Waals surface area contributed by atoms with Crippen LogP contribution in [0.1, 0.15) is 80.6 Å². The highest BCUT2D eigenvalue weighted by Crippen LogP contribution is 2.48. The SMILES string of the molecule is C[C@@H]1O[C@@H](O[C@H]2C[C@](C)(O)C(=O)c3cc4c(c(O)c32)C(=O)c2c(O)cccc2C4=O)C[C@H](NC(=O)C(F)(F)F)[C@@H]1O. The first-order valence-electron chi connectivity index (χ1n) is 12.5. The van der Waals surface area contributed by atoms with Crippen LogP contribution >= 0.6 is 0 Å². The number of rotatable bonds is 3. The Morgan fingerprint density at radius 3 is 2.44 bits per heavy atom. The number of aromatic hydroxyl groups is 2. The van der Waals surface area contributed by atoms with Crippen LogP contribution in [0.5, 0.6) is 11.5 Å². The molecule has 0 aromatic heterocycles. The molecule has 11 nitrogen and oxygen atoms in total. The molecule has 2 aromatic rings. The molecule has 0 spiro atoms. The second-order valence-electron chi connectivity index (χ2n) is 10.5. The molecule has 0 unspecified atom stereocenters. The molecule has 14 heteroatoms. The molecular formula is C27H24F3NO10. The fraction of sp³-hybridized carbons (Fsp3) is 0.407. The van der Waals surface area contributed by atoms with Gasteiger partial charge in [0, 0.05) is 35.1 Å². The van der Waals surface area contributed by atoms with Crippen LogP contribution in [0.3, 0.4) is 0 Å². The Bertz CT molecular complexity index is 1500. The van der Waals surface area contributed by atoms with Crippen molar-refractivity contribution in [2.24, 2.45) is 0 Å². The van der Waals surface area contributed by atoms with Crippen LogP contribution in [0.25, 0.3) is 0 Å². The summed E-state index contributed by atoms with van der Waals surface area (Å²) in [6, 6.07) is 3.40. The lowest BCUT2D eigenvalue weighted by Gasteiger charge is -2.42. The molecule has 1 fully saturated rings. The normalized spacial score (nSPS) is 29.4. The highest BCUT2D eigenvalue weighted by molar-refractivity contribution is 6.31. The third kappa shape index (κ3) is 4.66. The van der Waals surface area contributed by atoms with Crippen molar-refractivity contribution in [2.75, 3.05) is 0 Å². The molecule has 3 aliphatic rings. The molecule has 2 aromatic carbocycles. The summed E-state index contributed by atoms with van der Waals surface area (Å²) >= 11 is 0. The van der Waals surface area contributed by atoms with Gasteiger partial charge < -0.3 is 35.2 Å². The molecule has 0 radical (unpaired) electrons. The van der Waals surface area contributed by atoms with E-state index in [1.54, 1.807) is 5.32 Å². The Kier molecular flexibility index (Phi) is 6.72. The van der Waals surface area contributed by atoms with Crippen molar-refractivity contribution in [1.82, 2.24) is 5.32 Å². The molecule has 41 heavy (non-hydrogen) atoms. The van der Waals surface area contributed by atoms with E-state index in [1.165, 1.54) is 25.1 Å². The average molecular weight is 579 g/mol. The number of halogens is 3. The van der Waals surface area contributed by atoms with Gasteiger partial charge in [0.25, 0.3) is 0 Å². The molecule has 218 valence electrons. The van der Waals surface area contributed by atoms with Crippen molar-refractivity contribution in [2.45, 2.75) is 69.1 Å². The number of fused-ring (bicyclic) bond motifs is 3. The fourth-order valence-corrected chi connectivity index (χ4v) is 5.52. The first kappa shape index (κ1) is 28.7. The van der Waals surface area contributed by atoms with Crippen LogP contribution in [-0.2, 0) is 14.3 Å². The number of aliphatic hydroxyl groups is 2. The summed E-state index contributed by atoms with van der Waals surface area (Å²) in [5.41, 5.74) is -4.06. The zero-order valence-electron chi connectivity index (χ0n) is 21.5.